The van der Waals surface area contributed by atoms with Crippen molar-refractivity contribution in [2.45, 2.75) is 31.7 Å². The van der Waals surface area contributed by atoms with E-state index in [1.54, 1.807) is 24.7 Å². The number of imidazole rings is 1. The first kappa shape index (κ1) is 13.6. The number of pyridine rings is 1. The quantitative estimate of drug-likeness (QED) is 0.842. The molecule has 110 valence electrons. The van der Waals surface area contributed by atoms with Gasteiger partial charge in [-0.2, -0.15) is 0 Å². The van der Waals surface area contributed by atoms with Gasteiger partial charge in [0.05, 0.1) is 12.0 Å². The maximum Gasteiger partial charge on any atom is 0.312 e. The molecule has 6 heteroatoms. The fourth-order valence-electron chi connectivity index (χ4n) is 2.37. The largest absolute Gasteiger partial charge is 0.481 e. The molecule has 0 aromatic carbocycles. The van der Waals surface area contributed by atoms with Gasteiger partial charge in [-0.25, -0.2) is 9.97 Å². The number of carbonyl (C=O) groups is 1. The van der Waals surface area contributed by atoms with Crippen LogP contribution in [0.3, 0.4) is 0 Å². The summed E-state index contributed by atoms with van der Waals surface area (Å²) in [7, 11) is 0. The standard InChI is InChI=1S/C15H18N4O2/c16-14-4-3-11(6-17-14)5-12(15(20)21)13-8-19(9-18-13)7-10-1-2-10/h3-4,6,8-10,12H,1-2,5,7H2,(H2,16,17)(H,20,21). The predicted octanol–water partition coefficient (Wildman–Crippen LogP) is 1.68. The van der Waals surface area contributed by atoms with Crippen LogP contribution in [-0.2, 0) is 17.8 Å². The molecular weight excluding hydrogens is 268 g/mol. The van der Waals surface area contributed by atoms with Gasteiger partial charge in [-0.05, 0) is 36.8 Å². The Bertz CT molecular complexity index is 631. The lowest BCUT2D eigenvalue weighted by Gasteiger charge is -2.09. The molecule has 1 unspecified atom stereocenters. The van der Waals surface area contributed by atoms with Crippen molar-refractivity contribution in [3.8, 4) is 0 Å². The first-order valence-corrected chi connectivity index (χ1v) is 7.06. The summed E-state index contributed by atoms with van der Waals surface area (Å²) in [5.41, 5.74) is 6.98. The third-order valence-corrected chi connectivity index (χ3v) is 3.76. The topological polar surface area (TPSA) is 94.0 Å². The van der Waals surface area contributed by atoms with E-state index in [-0.39, 0.29) is 0 Å². The monoisotopic (exact) mass is 286 g/mol. The summed E-state index contributed by atoms with van der Waals surface area (Å²) >= 11 is 0. The number of carboxylic acids is 1. The molecule has 0 saturated heterocycles. The van der Waals surface area contributed by atoms with E-state index in [0.717, 1.165) is 18.0 Å². The summed E-state index contributed by atoms with van der Waals surface area (Å²) in [4.78, 5) is 19.8. The van der Waals surface area contributed by atoms with Gasteiger partial charge >= 0.3 is 5.97 Å². The Morgan fingerprint density at radius 2 is 2.24 bits per heavy atom. The molecule has 1 aliphatic rings. The van der Waals surface area contributed by atoms with Crippen molar-refractivity contribution in [3.63, 3.8) is 0 Å². The van der Waals surface area contributed by atoms with E-state index in [0.29, 0.717) is 17.9 Å². The van der Waals surface area contributed by atoms with Crippen molar-refractivity contribution in [1.82, 2.24) is 14.5 Å². The molecule has 1 aliphatic carbocycles. The maximum absolute atomic E-state index is 11.5. The average molecular weight is 286 g/mol. The predicted molar refractivity (Wildman–Crippen MR) is 77.7 cm³/mol. The van der Waals surface area contributed by atoms with Crippen LogP contribution in [0.4, 0.5) is 5.82 Å². The number of nitrogens with zero attached hydrogens (tertiary/aromatic N) is 3. The zero-order valence-electron chi connectivity index (χ0n) is 11.6. The van der Waals surface area contributed by atoms with Crippen LogP contribution in [-0.4, -0.2) is 25.6 Å². The van der Waals surface area contributed by atoms with Gasteiger partial charge in [0.25, 0.3) is 0 Å². The molecule has 3 N–H and O–H groups in total. The van der Waals surface area contributed by atoms with Crippen molar-refractivity contribution in [2.24, 2.45) is 5.92 Å². The van der Waals surface area contributed by atoms with E-state index >= 15 is 0 Å². The van der Waals surface area contributed by atoms with E-state index in [2.05, 4.69) is 9.97 Å². The highest BCUT2D eigenvalue weighted by Gasteiger charge is 2.25. The molecule has 2 aromatic heterocycles. The SMILES string of the molecule is Nc1ccc(CC(C(=O)O)c2cn(CC3CC3)cn2)cn1. The minimum absolute atomic E-state index is 0.364. The van der Waals surface area contributed by atoms with Crippen LogP contribution in [0.15, 0.2) is 30.9 Å². The molecule has 3 rings (SSSR count). The molecule has 2 heterocycles. The Morgan fingerprint density at radius 3 is 2.86 bits per heavy atom. The van der Waals surface area contributed by atoms with Crippen molar-refractivity contribution in [3.05, 3.63) is 42.1 Å². The normalized spacial score (nSPS) is 15.8. The number of rotatable bonds is 6. The van der Waals surface area contributed by atoms with E-state index in [4.69, 9.17) is 5.73 Å². The lowest BCUT2D eigenvalue weighted by Crippen LogP contribution is -2.15. The highest BCUT2D eigenvalue weighted by Crippen LogP contribution is 2.31. The van der Waals surface area contributed by atoms with Crippen LogP contribution in [0.5, 0.6) is 0 Å². The van der Waals surface area contributed by atoms with Gasteiger partial charge < -0.3 is 15.4 Å². The van der Waals surface area contributed by atoms with Gasteiger partial charge in [-0.15, -0.1) is 0 Å². The lowest BCUT2D eigenvalue weighted by molar-refractivity contribution is -0.138. The van der Waals surface area contributed by atoms with E-state index in [1.165, 1.54) is 12.8 Å². The zero-order valence-corrected chi connectivity index (χ0v) is 11.6. The molecule has 2 aromatic rings. The smallest absolute Gasteiger partial charge is 0.312 e. The van der Waals surface area contributed by atoms with Gasteiger partial charge in [-0.1, -0.05) is 6.07 Å². The Labute approximate surface area is 122 Å². The Morgan fingerprint density at radius 1 is 1.43 bits per heavy atom. The number of aromatic nitrogens is 3. The summed E-state index contributed by atoms with van der Waals surface area (Å²) in [6, 6.07) is 3.49. The third-order valence-electron chi connectivity index (χ3n) is 3.76. The minimum atomic E-state index is -0.872. The van der Waals surface area contributed by atoms with Crippen LogP contribution in [0.25, 0.3) is 0 Å². The minimum Gasteiger partial charge on any atom is -0.481 e. The number of hydrogen-bond acceptors (Lipinski definition) is 4. The fourth-order valence-corrected chi connectivity index (χ4v) is 2.37. The fraction of sp³-hybridized carbons (Fsp3) is 0.400. The van der Waals surface area contributed by atoms with E-state index < -0.39 is 11.9 Å². The molecule has 1 saturated carbocycles. The van der Waals surface area contributed by atoms with Gasteiger partial charge in [0.15, 0.2) is 0 Å². The van der Waals surface area contributed by atoms with Crippen molar-refractivity contribution in [2.75, 3.05) is 5.73 Å². The first-order valence-electron chi connectivity index (χ1n) is 7.06. The van der Waals surface area contributed by atoms with Crippen molar-refractivity contribution in [1.29, 1.82) is 0 Å². The molecule has 0 radical (unpaired) electrons. The zero-order chi connectivity index (χ0) is 14.8. The summed E-state index contributed by atoms with van der Waals surface area (Å²) < 4.78 is 1.99. The van der Waals surface area contributed by atoms with Gasteiger partial charge in [0.1, 0.15) is 11.7 Å². The number of hydrogen-bond donors (Lipinski definition) is 2. The van der Waals surface area contributed by atoms with E-state index in [1.807, 2.05) is 10.8 Å². The molecule has 0 aliphatic heterocycles. The van der Waals surface area contributed by atoms with E-state index in [9.17, 15) is 9.90 Å². The summed E-state index contributed by atoms with van der Waals surface area (Å²) in [6.45, 7) is 0.933. The Kier molecular flexibility index (Phi) is 3.60. The summed E-state index contributed by atoms with van der Waals surface area (Å²) in [5.74, 6) is -0.365. The van der Waals surface area contributed by atoms with Gasteiger partial charge in [0.2, 0.25) is 0 Å². The summed E-state index contributed by atoms with van der Waals surface area (Å²) in [6.07, 6.45) is 8.07. The van der Waals surface area contributed by atoms with Crippen LogP contribution in [0.2, 0.25) is 0 Å². The molecule has 1 atom stereocenters. The molecule has 0 spiro atoms. The molecule has 21 heavy (non-hydrogen) atoms. The molecule has 0 amide bonds. The van der Waals surface area contributed by atoms with Crippen LogP contribution < -0.4 is 5.73 Å². The van der Waals surface area contributed by atoms with Crippen LogP contribution >= 0.6 is 0 Å². The maximum atomic E-state index is 11.5. The van der Waals surface area contributed by atoms with Gasteiger partial charge in [0, 0.05) is 18.9 Å². The highest BCUT2D eigenvalue weighted by molar-refractivity contribution is 5.75. The number of aliphatic carboxylic acids is 1. The number of carboxylic acid groups (broad SMARTS) is 1. The Balaban J connectivity index is 1.75. The number of nitrogen functional groups attached to an aromatic ring is 1. The number of nitrogens with two attached hydrogens (primary N) is 1. The van der Waals surface area contributed by atoms with Gasteiger partial charge in [-0.3, -0.25) is 4.79 Å². The molecule has 1 fully saturated rings. The molecule has 6 nitrogen and oxygen atoms in total. The van der Waals surface area contributed by atoms with Crippen LogP contribution in [0, 0.1) is 5.92 Å². The lowest BCUT2D eigenvalue weighted by atomic mass is 9.98. The van der Waals surface area contributed by atoms with Crippen LogP contribution in [0.1, 0.15) is 30.0 Å². The molecule has 0 bridgehead atoms. The Hall–Kier alpha value is -2.37. The second-order valence-electron chi connectivity index (χ2n) is 5.62. The highest BCUT2D eigenvalue weighted by atomic mass is 16.4. The number of anilines is 1. The second kappa shape index (κ2) is 5.55. The average Bonchev–Trinajstić information content (AvgIpc) is 3.14. The summed E-state index contributed by atoms with van der Waals surface area (Å²) in [5, 5.41) is 9.45. The van der Waals surface area contributed by atoms with Crippen molar-refractivity contribution < 1.29 is 9.90 Å². The third kappa shape index (κ3) is 3.39. The molecular formula is C15H18N4O2. The van der Waals surface area contributed by atoms with Crippen molar-refractivity contribution >= 4 is 11.8 Å². The second-order valence-corrected chi connectivity index (χ2v) is 5.62. The first-order chi connectivity index (χ1) is 10.1.